The average molecular weight is 308 g/mol. The van der Waals surface area contributed by atoms with Crippen molar-refractivity contribution >= 4 is 23.2 Å². The third kappa shape index (κ3) is 5.01. The highest BCUT2D eigenvalue weighted by atomic mass is 35.5. The molecule has 1 atom stereocenters. The van der Waals surface area contributed by atoms with Gasteiger partial charge >= 0.3 is 0 Å². The van der Waals surface area contributed by atoms with E-state index in [2.05, 4.69) is 10.6 Å². The summed E-state index contributed by atoms with van der Waals surface area (Å²) in [4.78, 5) is 12.0. The number of halogens is 1. The Hall–Kier alpha value is -2.19. The van der Waals surface area contributed by atoms with Crippen LogP contribution in [0.25, 0.3) is 0 Å². The summed E-state index contributed by atoms with van der Waals surface area (Å²) >= 11 is 5.98. The minimum atomic E-state index is -0.491. The van der Waals surface area contributed by atoms with Crippen LogP contribution in [0.15, 0.2) is 30.0 Å². The minimum absolute atomic E-state index is 0.00207. The molecule has 1 rings (SSSR count). The Morgan fingerprint density at radius 2 is 2.29 bits per heavy atom. The molecule has 1 unspecified atom stereocenters. The molecule has 1 aromatic carbocycles. The highest BCUT2D eigenvalue weighted by Gasteiger charge is 2.11. The smallest absolute Gasteiger partial charge is 0.267 e. The standard InChI is InChI=1S/C15H18ClN3O2/c1-4-10(2)18-9-11(8-17)15(20)19-12-5-6-14(21-3)13(16)7-12/h5-7,9-10,18H,4H2,1-3H3,(H,19,20)/b11-9-. The third-order valence-corrected chi connectivity index (χ3v) is 3.19. The van der Waals surface area contributed by atoms with Crippen molar-refractivity contribution in [1.29, 1.82) is 5.26 Å². The number of carbonyl (C=O) groups excluding carboxylic acids is 1. The van der Waals surface area contributed by atoms with Gasteiger partial charge in [-0.2, -0.15) is 5.26 Å². The van der Waals surface area contributed by atoms with Crippen molar-refractivity contribution in [2.45, 2.75) is 26.3 Å². The molecule has 0 aliphatic rings. The van der Waals surface area contributed by atoms with Crippen molar-refractivity contribution in [3.8, 4) is 11.8 Å². The highest BCUT2D eigenvalue weighted by molar-refractivity contribution is 6.32. The van der Waals surface area contributed by atoms with E-state index in [1.165, 1.54) is 13.3 Å². The Bertz CT molecular complexity index is 579. The van der Waals surface area contributed by atoms with Crippen LogP contribution in [0.5, 0.6) is 5.75 Å². The Labute approximate surface area is 129 Å². The van der Waals surface area contributed by atoms with Gasteiger partial charge < -0.3 is 15.4 Å². The zero-order valence-electron chi connectivity index (χ0n) is 12.2. The van der Waals surface area contributed by atoms with Gasteiger partial charge in [0.25, 0.3) is 5.91 Å². The molecule has 5 nitrogen and oxygen atoms in total. The molecule has 0 aliphatic carbocycles. The first-order chi connectivity index (χ1) is 10.0. The zero-order chi connectivity index (χ0) is 15.8. The number of hydrogen-bond acceptors (Lipinski definition) is 4. The summed E-state index contributed by atoms with van der Waals surface area (Å²) in [5.41, 5.74) is 0.498. The molecule has 112 valence electrons. The number of nitrogens with one attached hydrogen (secondary N) is 2. The maximum Gasteiger partial charge on any atom is 0.267 e. The molecule has 0 saturated carbocycles. The average Bonchev–Trinajstić information content (AvgIpc) is 2.47. The third-order valence-electron chi connectivity index (χ3n) is 2.90. The lowest BCUT2D eigenvalue weighted by Crippen LogP contribution is -2.22. The molecule has 0 saturated heterocycles. The van der Waals surface area contributed by atoms with Crippen LogP contribution >= 0.6 is 11.6 Å². The number of anilines is 1. The molecule has 0 aliphatic heterocycles. The Kier molecular flexibility index (Phi) is 6.57. The van der Waals surface area contributed by atoms with E-state index >= 15 is 0 Å². The van der Waals surface area contributed by atoms with Crippen LogP contribution in [0.2, 0.25) is 5.02 Å². The van der Waals surface area contributed by atoms with Crippen molar-refractivity contribution in [2.75, 3.05) is 12.4 Å². The normalized spacial score (nSPS) is 12.2. The molecule has 0 bridgehead atoms. The van der Waals surface area contributed by atoms with Crippen molar-refractivity contribution in [3.63, 3.8) is 0 Å². The Morgan fingerprint density at radius 1 is 1.57 bits per heavy atom. The van der Waals surface area contributed by atoms with Gasteiger partial charge in [0.2, 0.25) is 0 Å². The molecular weight excluding hydrogens is 290 g/mol. The van der Waals surface area contributed by atoms with E-state index < -0.39 is 5.91 Å². The number of hydrogen-bond donors (Lipinski definition) is 2. The molecule has 0 aromatic heterocycles. The van der Waals surface area contributed by atoms with Gasteiger partial charge in [-0.05, 0) is 31.5 Å². The van der Waals surface area contributed by atoms with Crippen LogP contribution < -0.4 is 15.4 Å². The van der Waals surface area contributed by atoms with E-state index in [9.17, 15) is 4.79 Å². The number of nitrogens with zero attached hydrogens (tertiary/aromatic N) is 1. The number of nitriles is 1. The van der Waals surface area contributed by atoms with Gasteiger partial charge in [-0.3, -0.25) is 4.79 Å². The molecule has 2 N–H and O–H groups in total. The van der Waals surface area contributed by atoms with Gasteiger partial charge in [0.15, 0.2) is 0 Å². The van der Waals surface area contributed by atoms with Crippen LogP contribution in [-0.4, -0.2) is 19.1 Å². The van der Waals surface area contributed by atoms with Gasteiger partial charge in [0, 0.05) is 17.9 Å². The second kappa shape index (κ2) is 8.18. The summed E-state index contributed by atoms with van der Waals surface area (Å²) in [5.74, 6) is 0.0266. The summed E-state index contributed by atoms with van der Waals surface area (Å²) < 4.78 is 5.03. The van der Waals surface area contributed by atoms with Gasteiger partial charge in [-0.1, -0.05) is 18.5 Å². The quantitative estimate of drug-likeness (QED) is 0.625. The van der Waals surface area contributed by atoms with E-state index in [0.717, 1.165) is 6.42 Å². The Balaban J connectivity index is 2.79. The predicted molar refractivity (Wildman–Crippen MR) is 83.2 cm³/mol. The lowest BCUT2D eigenvalue weighted by Gasteiger charge is -2.10. The van der Waals surface area contributed by atoms with Crippen molar-refractivity contribution in [1.82, 2.24) is 5.32 Å². The highest BCUT2D eigenvalue weighted by Crippen LogP contribution is 2.27. The van der Waals surface area contributed by atoms with E-state index in [-0.39, 0.29) is 11.6 Å². The molecule has 1 amide bonds. The second-order valence-electron chi connectivity index (χ2n) is 4.45. The largest absolute Gasteiger partial charge is 0.495 e. The number of rotatable bonds is 6. The van der Waals surface area contributed by atoms with Crippen molar-refractivity contribution in [2.24, 2.45) is 0 Å². The number of methoxy groups -OCH3 is 1. The lowest BCUT2D eigenvalue weighted by atomic mass is 10.2. The molecule has 0 heterocycles. The fraction of sp³-hybridized carbons (Fsp3) is 0.333. The van der Waals surface area contributed by atoms with Crippen LogP contribution in [0.3, 0.4) is 0 Å². The number of benzene rings is 1. The minimum Gasteiger partial charge on any atom is -0.495 e. The maximum atomic E-state index is 12.0. The lowest BCUT2D eigenvalue weighted by molar-refractivity contribution is -0.112. The molecule has 6 heteroatoms. The zero-order valence-corrected chi connectivity index (χ0v) is 13.0. The second-order valence-corrected chi connectivity index (χ2v) is 4.86. The van der Waals surface area contributed by atoms with E-state index in [0.29, 0.717) is 16.5 Å². The molecule has 0 spiro atoms. The summed E-state index contributed by atoms with van der Waals surface area (Å²) in [7, 11) is 1.51. The predicted octanol–water partition coefficient (Wildman–Crippen LogP) is 3.08. The fourth-order valence-electron chi connectivity index (χ4n) is 1.43. The van der Waals surface area contributed by atoms with Gasteiger partial charge in [-0.25, -0.2) is 0 Å². The topological polar surface area (TPSA) is 74.2 Å². The summed E-state index contributed by atoms with van der Waals surface area (Å²) in [6, 6.07) is 6.92. The van der Waals surface area contributed by atoms with E-state index in [1.54, 1.807) is 18.2 Å². The van der Waals surface area contributed by atoms with Crippen LogP contribution in [-0.2, 0) is 4.79 Å². The van der Waals surface area contributed by atoms with Gasteiger partial charge in [-0.15, -0.1) is 0 Å². The summed E-state index contributed by atoms with van der Waals surface area (Å²) in [5, 5.41) is 15.0. The summed E-state index contributed by atoms with van der Waals surface area (Å²) in [6.07, 6.45) is 2.32. The van der Waals surface area contributed by atoms with E-state index in [4.69, 9.17) is 21.6 Å². The molecular formula is C15H18ClN3O2. The maximum absolute atomic E-state index is 12.0. The van der Waals surface area contributed by atoms with Crippen molar-refractivity contribution in [3.05, 3.63) is 35.0 Å². The number of ether oxygens (including phenoxy) is 1. The first-order valence-electron chi connectivity index (χ1n) is 6.53. The van der Waals surface area contributed by atoms with Crippen LogP contribution in [0, 0.1) is 11.3 Å². The van der Waals surface area contributed by atoms with Gasteiger partial charge in [0.1, 0.15) is 17.4 Å². The first-order valence-corrected chi connectivity index (χ1v) is 6.90. The molecule has 1 aromatic rings. The van der Waals surface area contributed by atoms with Gasteiger partial charge in [0.05, 0.1) is 12.1 Å². The number of amides is 1. The first kappa shape index (κ1) is 16.9. The number of carbonyl (C=O) groups is 1. The molecule has 21 heavy (non-hydrogen) atoms. The Morgan fingerprint density at radius 3 is 2.81 bits per heavy atom. The fourth-order valence-corrected chi connectivity index (χ4v) is 1.69. The molecule has 0 fully saturated rings. The van der Waals surface area contributed by atoms with Crippen LogP contribution in [0.1, 0.15) is 20.3 Å². The SMILES string of the molecule is CCC(C)N/C=C(/C#N)C(=O)Nc1ccc(OC)c(Cl)c1. The van der Waals surface area contributed by atoms with Crippen molar-refractivity contribution < 1.29 is 9.53 Å². The molecule has 0 radical (unpaired) electrons. The summed E-state index contributed by atoms with van der Waals surface area (Å²) in [6.45, 7) is 3.98. The van der Waals surface area contributed by atoms with E-state index in [1.807, 2.05) is 19.9 Å². The monoisotopic (exact) mass is 307 g/mol. The van der Waals surface area contributed by atoms with Crippen LogP contribution in [0.4, 0.5) is 5.69 Å².